The van der Waals surface area contributed by atoms with Crippen LogP contribution in [-0.2, 0) is 5.41 Å². The molecule has 53 heavy (non-hydrogen) atoms. The molecule has 0 fully saturated rings. The second-order valence-corrected chi connectivity index (χ2v) is 15.6. The first-order valence-corrected chi connectivity index (χ1v) is 19.2. The third kappa shape index (κ3) is 5.21. The van der Waals surface area contributed by atoms with Crippen molar-refractivity contribution in [2.45, 2.75) is 19.3 Å². The van der Waals surface area contributed by atoms with Crippen LogP contribution in [-0.4, -0.2) is 0 Å². The molecule has 0 N–H and O–H groups in total. The highest BCUT2D eigenvalue weighted by Gasteiger charge is 2.36. The molecule has 0 saturated carbocycles. The van der Waals surface area contributed by atoms with Gasteiger partial charge >= 0.3 is 0 Å². The second kappa shape index (κ2) is 12.5. The summed E-state index contributed by atoms with van der Waals surface area (Å²) < 4.78 is 2.62. The Bertz CT molecular complexity index is 2810. The van der Waals surface area contributed by atoms with Gasteiger partial charge in [0.05, 0.1) is 5.69 Å². The van der Waals surface area contributed by atoms with Crippen molar-refractivity contribution in [3.63, 3.8) is 0 Å². The van der Waals surface area contributed by atoms with Crippen LogP contribution in [0.4, 0.5) is 17.1 Å². The van der Waals surface area contributed by atoms with Gasteiger partial charge in [-0.2, -0.15) is 0 Å². The van der Waals surface area contributed by atoms with Gasteiger partial charge in [0, 0.05) is 42.5 Å². The fourth-order valence-corrected chi connectivity index (χ4v) is 9.57. The summed E-state index contributed by atoms with van der Waals surface area (Å²) in [5, 5.41) is 2.60. The van der Waals surface area contributed by atoms with Crippen LogP contribution in [0.25, 0.3) is 64.7 Å². The number of para-hydroxylation sites is 1. The van der Waals surface area contributed by atoms with Crippen LogP contribution in [0.2, 0.25) is 0 Å². The van der Waals surface area contributed by atoms with E-state index in [2.05, 4.69) is 207 Å². The Morgan fingerprint density at radius 1 is 0.396 bits per heavy atom. The second-order valence-electron chi connectivity index (χ2n) is 14.5. The summed E-state index contributed by atoms with van der Waals surface area (Å²) in [6.07, 6.45) is 0. The molecule has 1 heterocycles. The monoisotopic (exact) mass is 695 g/mol. The third-order valence-electron chi connectivity index (χ3n) is 11.1. The fourth-order valence-electron chi connectivity index (χ4n) is 8.48. The summed E-state index contributed by atoms with van der Waals surface area (Å²) in [5.74, 6) is 0. The largest absolute Gasteiger partial charge is 0.310 e. The molecule has 0 amide bonds. The lowest BCUT2D eigenvalue weighted by molar-refractivity contribution is 0.660. The number of nitrogens with zero attached hydrogens (tertiary/aromatic N) is 1. The molecular weight excluding hydrogens is 659 g/mol. The third-order valence-corrected chi connectivity index (χ3v) is 12.2. The van der Waals surface area contributed by atoms with Crippen molar-refractivity contribution < 1.29 is 0 Å². The number of hydrogen-bond acceptors (Lipinski definition) is 2. The first-order chi connectivity index (χ1) is 26.0. The van der Waals surface area contributed by atoms with Gasteiger partial charge in [0.15, 0.2) is 0 Å². The van der Waals surface area contributed by atoms with Gasteiger partial charge in [0.1, 0.15) is 0 Å². The van der Waals surface area contributed by atoms with E-state index in [4.69, 9.17) is 0 Å². The fraction of sp³-hybridized carbons (Fsp3) is 0.0588. The molecular formula is C51H37NS. The number of anilines is 3. The van der Waals surface area contributed by atoms with E-state index in [1.54, 1.807) is 0 Å². The molecule has 0 aliphatic heterocycles. The summed E-state index contributed by atoms with van der Waals surface area (Å²) in [4.78, 5) is 2.47. The lowest BCUT2D eigenvalue weighted by atomic mass is 9.82. The van der Waals surface area contributed by atoms with Gasteiger partial charge in [-0.15, -0.1) is 11.3 Å². The van der Waals surface area contributed by atoms with Crippen molar-refractivity contribution in [1.82, 2.24) is 0 Å². The van der Waals surface area contributed by atoms with E-state index in [0.29, 0.717) is 0 Å². The van der Waals surface area contributed by atoms with Gasteiger partial charge in [-0.05, 0) is 105 Å². The minimum absolute atomic E-state index is 0.113. The van der Waals surface area contributed by atoms with Crippen LogP contribution >= 0.6 is 11.3 Å². The molecule has 252 valence electrons. The highest BCUT2D eigenvalue weighted by Crippen LogP contribution is 2.52. The van der Waals surface area contributed by atoms with Gasteiger partial charge in [0.25, 0.3) is 0 Å². The Balaban J connectivity index is 1.24. The Kier molecular flexibility index (Phi) is 7.42. The average molecular weight is 696 g/mol. The summed E-state index contributed by atoms with van der Waals surface area (Å²) in [6.45, 7) is 4.72. The number of rotatable bonds is 6. The molecule has 1 aliphatic carbocycles. The number of thiophene rings is 1. The Labute approximate surface area is 315 Å². The zero-order chi connectivity index (χ0) is 35.5. The van der Waals surface area contributed by atoms with E-state index in [-0.39, 0.29) is 5.41 Å². The SMILES string of the molecule is CC1(C)c2ccccc2-c2ccc(N(c3ccccc3)c3cccc(-c4cccc(-c5ccccc5)c4)c3-c3ccc4sc5ccccc5c4c3)cc21. The Hall–Kier alpha value is -6.22. The molecule has 9 aromatic rings. The van der Waals surface area contributed by atoms with Crippen molar-refractivity contribution in [3.05, 3.63) is 199 Å². The van der Waals surface area contributed by atoms with Gasteiger partial charge < -0.3 is 4.90 Å². The maximum absolute atomic E-state index is 2.47. The highest BCUT2D eigenvalue weighted by molar-refractivity contribution is 7.25. The zero-order valence-corrected chi connectivity index (χ0v) is 30.6. The van der Waals surface area contributed by atoms with Crippen LogP contribution in [0, 0.1) is 0 Å². The van der Waals surface area contributed by atoms with Crippen LogP contribution < -0.4 is 4.90 Å². The predicted octanol–water partition coefficient (Wildman–Crippen LogP) is 14.8. The molecule has 0 unspecified atom stereocenters. The Morgan fingerprint density at radius 3 is 1.92 bits per heavy atom. The summed E-state index contributed by atoms with van der Waals surface area (Å²) >= 11 is 1.87. The first-order valence-electron chi connectivity index (χ1n) is 18.3. The maximum Gasteiger partial charge on any atom is 0.0546 e. The van der Waals surface area contributed by atoms with Crippen molar-refractivity contribution in [3.8, 4) is 44.5 Å². The van der Waals surface area contributed by atoms with E-state index in [0.717, 1.165) is 17.1 Å². The first kappa shape index (κ1) is 31.5. The number of fused-ring (bicyclic) bond motifs is 6. The van der Waals surface area contributed by atoms with E-state index >= 15 is 0 Å². The molecule has 0 saturated heterocycles. The summed E-state index contributed by atoms with van der Waals surface area (Å²) in [7, 11) is 0. The number of hydrogen-bond donors (Lipinski definition) is 0. The molecule has 1 aromatic heterocycles. The zero-order valence-electron chi connectivity index (χ0n) is 29.8. The van der Waals surface area contributed by atoms with Gasteiger partial charge in [-0.25, -0.2) is 0 Å². The maximum atomic E-state index is 2.47. The van der Waals surface area contributed by atoms with E-state index < -0.39 is 0 Å². The average Bonchev–Trinajstić information content (AvgIpc) is 3.70. The van der Waals surface area contributed by atoms with Crippen LogP contribution in [0.1, 0.15) is 25.0 Å². The summed E-state index contributed by atoms with van der Waals surface area (Å²) in [6, 6.07) is 69.2. The quantitative estimate of drug-likeness (QED) is 0.167. The lowest BCUT2D eigenvalue weighted by Crippen LogP contribution is -2.17. The molecule has 0 bridgehead atoms. The molecule has 0 spiro atoms. The molecule has 8 aromatic carbocycles. The highest BCUT2D eigenvalue weighted by atomic mass is 32.1. The number of benzene rings is 8. The molecule has 0 radical (unpaired) electrons. The van der Waals surface area contributed by atoms with Crippen LogP contribution in [0.5, 0.6) is 0 Å². The normalized spacial score (nSPS) is 12.9. The Morgan fingerprint density at radius 2 is 1.06 bits per heavy atom. The lowest BCUT2D eigenvalue weighted by Gasteiger charge is -2.31. The van der Waals surface area contributed by atoms with Crippen molar-refractivity contribution in [2.75, 3.05) is 4.90 Å². The smallest absolute Gasteiger partial charge is 0.0546 e. The molecule has 10 rings (SSSR count). The standard InChI is InChI=1S/C51H37NS/c1-51(2)45-24-11-9-21-41(45)42-29-28-39(33-46(42)51)52(38-19-7-4-8-20-38)47-25-14-23-40(36-18-13-17-35(31-36)34-15-5-3-6-16-34)50(47)37-27-30-49-44(32-37)43-22-10-12-26-48(43)53-49/h3-33H,1-2H3. The molecule has 2 heteroatoms. The van der Waals surface area contributed by atoms with Crippen LogP contribution in [0.15, 0.2) is 188 Å². The van der Waals surface area contributed by atoms with Gasteiger partial charge in [0.2, 0.25) is 0 Å². The molecule has 1 aliphatic rings. The summed E-state index contributed by atoms with van der Waals surface area (Å²) in [5.41, 5.74) is 15.9. The predicted molar refractivity (Wildman–Crippen MR) is 228 cm³/mol. The van der Waals surface area contributed by atoms with Crippen molar-refractivity contribution in [2.24, 2.45) is 0 Å². The van der Waals surface area contributed by atoms with E-state index in [9.17, 15) is 0 Å². The van der Waals surface area contributed by atoms with Crippen molar-refractivity contribution in [1.29, 1.82) is 0 Å². The molecule has 0 atom stereocenters. The topological polar surface area (TPSA) is 3.24 Å². The van der Waals surface area contributed by atoms with E-state index in [1.807, 2.05) is 11.3 Å². The molecule has 1 nitrogen and oxygen atoms in total. The van der Waals surface area contributed by atoms with Gasteiger partial charge in [-0.3, -0.25) is 0 Å². The van der Waals surface area contributed by atoms with E-state index in [1.165, 1.54) is 75.8 Å². The minimum Gasteiger partial charge on any atom is -0.310 e. The van der Waals surface area contributed by atoms with Crippen LogP contribution in [0.3, 0.4) is 0 Å². The minimum atomic E-state index is -0.113. The van der Waals surface area contributed by atoms with Gasteiger partial charge in [-0.1, -0.05) is 147 Å². The van der Waals surface area contributed by atoms with Crippen molar-refractivity contribution >= 4 is 48.6 Å².